The summed E-state index contributed by atoms with van der Waals surface area (Å²) in [5.74, 6) is 0. The van der Waals surface area contributed by atoms with Gasteiger partial charge in [0.1, 0.15) is 0 Å². The quantitative estimate of drug-likeness (QED) is 0.877. The van der Waals surface area contributed by atoms with E-state index in [4.69, 9.17) is 5.11 Å². The molecule has 0 saturated heterocycles. The van der Waals surface area contributed by atoms with E-state index in [-0.39, 0.29) is 12.0 Å². The summed E-state index contributed by atoms with van der Waals surface area (Å²) < 4.78 is 0. The van der Waals surface area contributed by atoms with Crippen LogP contribution in [0.3, 0.4) is 0 Å². The summed E-state index contributed by atoms with van der Waals surface area (Å²) in [7, 11) is 0. The Morgan fingerprint density at radius 2 is 1.60 bits per heavy atom. The Morgan fingerprint density at radius 1 is 0.950 bits per heavy atom. The molecule has 1 aromatic carbocycles. The second-order valence-corrected chi connectivity index (χ2v) is 7.26. The van der Waals surface area contributed by atoms with Crippen molar-refractivity contribution in [3.8, 4) is 0 Å². The Kier molecular flexibility index (Phi) is 4.97. The van der Waals surface area contributed by atoms with Gasteiger partial charge in [0.15, 0.2) is 0 Å². The highest BCUT2D eigenvalue weighted by Crippen LogP contribution is 2.29. The summed E-state index contributed by atoms with van der Waals surface area (Å²) >= 11 is 1.89. The zero-order valence-electron chi connectivity index (χ0n) is 12.4. The summed E-state index contributed by atoms with van der Waals surface area (Å²) in [4.78, 5) is 2.81. The van der Waals surface area contributed by atoms with Crippen LogP contribution in [-0.4, -0.2) is 5.11 Å². The molecular weight excluding hydrogens is 266 g/mol. The van der Waals surface area contributed by atoms with Crippen LogP contribution in [0.25, 0.3) is 0 Å². The number of thiophene rings is 1. The molecule has 0 radical (unpaired) electrons. The van der Waals surface area contributed by atoms with Crippen molar-refractivity contribution in [3.63, 3.8) is 0 Å². The van der Waals surface area contributed by atoms with Gasteiger partial charge in [-0.3, -0.25) is 0 Å². The van der Waals surface area contributed by atoms with Crippen LogP contribution in [0, 0.1) is 0 Å². The standard InChI is InChI=1S/C17H23NOS/c1-17(2,3)16-9-8-15(20-16)11-18-10-13-4-6-14(12-19)7-5-13/h4-9,18-19H,10-12H2,1-3H3. The van der Waals surface area contributed by atoms with Crippen LogP contribution in [-0.2, 0) is 25.1 Å². The highest BCUT2D eigenvalue weighted by atomic mass is 32.1. The molecule has 2 aromatic rings. The van der Waals surface area contributed by atoms with Gasteiger partial charge in [-0.05, 0) is 28.7 Å². The van der Waals surface area contributed by atoms with Crippen molar-refractivity contribution in [1.82, 2.24) is 5.32 Å². The number of aliphatic hydroxyl groups is 1. The average molecular weight is 289 g/mol. The largest absolute Gasteiger partial charge is 0.392 e. The van der Waals surface area contributed by atoms with Crippen molar-refractivity contribution in [3.05, 3.63) is 57.3 Å². The van der Waals surface area contributed by atoms with Gasteiger partial charge in [0, 0.05) is 22.8 Å². The summed E-state index contributed by atoms with van der Waals surface area (Å²) in [6, 6.07) is 12.5. The minimum Gasteiger partial charge on any atom is -0.392 e. The van der Waals surface area contributed by atoms with E-state index in [1.807, 2.05) is 23.5 Å². The van der Waals surface area contributed by atoms with Gasteiger partial charge in [-0.2, -0.15) is 0 Å². The third kappa shape index (κ3) is 4.17. The first-order chi connectivity index (χ1) is 9.49. The first kappa shape index (κ1) is 15.2. The van der Waals surface area contributed by atoms with Gasteiger partial charge in [0.05, 0.1) is 6.61 Å². The summed E-state index contributed by atoms with van der Waals surface area (Å²) in [5.41, 5.74) is 2.44. The lowest BCUT2D eigenvalue weighted by Gasteiger charge is -2.15. The lowest BCUT2D eigenvalue weighted by molar-refractivity contribution is 0.282. The van der Waals surface area contributed by atoms with Gasteiger partial charge >= 0.3 is 0 Å². The second kappa shape index (κ2) is 6.53. The van der Waals surface area contributed by atoms with Gasteiger partial charge in [-0.25, -0.2) is 0 Å². The first-order valence-corrected chi connectivity index (χ1v) is 7.79. The number of hydrogen-bond donors (Lipinski definition) is 2. The highest BCUT2D eigenvalue weighted by molar-refractivity contribution is 7.12. The molecule has 0 aliphatic rings. The fourth-order valence-electron chi connectivity index (χ4n) is 1.97. The maximum Gasteiger partial charge on any atom is 0.0681 e. The molecular formula is C17H23NOS. The maximum absolute atomic E-state index is 9.01. The second-order valence-electron chi connectivity index (χ2n) is 6.09. The summed E-state index contributed by atoms with van der Waals surface area (Å²) in [6.07, 6.45) is 0. The molecule has 0 aliphatic carbocycles. The van der Waals surface area contributed by atoms with Crippen molar-refractivity contribution in [2.45, 2.75) is 45.9 Å². The van der Waals surface area contributed by atoms with Crippen molar-refractivity contribution in [1.29, 1.82) is 0 Å². The van der Waals surface area contributed by atoms with E-state index in [1.165, 1.54) is 15.3 Å². The molecule has 0 atom stereocenters. The molecule has 108 valence electrons. The third-order valence-corrected chi connectivity index (χ3v) is 4.75. The van der Waals surface area contributed by atoms with E-state index in [1.54, 1.807) is 0 Å². The Morgan fingerprint density at radius 3 is 2.15 bits per heavy atom. The maximum atomic E-state index is 9.01. The molecule has 1 aromatic heterocycles. The molecule has 0 amide bonds. The lowest BCUT2D eigenvalue weighted by Crippen LogP contribution is -2.11. The molecule has 2 N–H and O–H groups in total. The van der Waals surface area contributed by atoms with Crippen LogP contribution >= 0.6 is 11.3 Å². The van der Waals surface area contributed by atoms with E-state index in [0.29, 0.717) is 0 Å². The number of rotatable bonds is 5. The Balaban J connectivity index is 1.84. The Bertz CT molecular complexity index is 537. The van der Waals surface area contributed by atoms with Gasteiger partial charge < -0.3 is 10.4 Å². The van der Waals surface area contributed by atoms with Gasteiger partial charge in [-0.1, -0.05) is 45.0 Å². The first-order valence-electron chi connectivity index (χ1n) is 6.97. The van der Waals surface area contributed by atoms with Gasteiger partial charge in [0.2, 0.25) is 0 Å². The zero-order valence-corrected chi connectivity index (χ0v) is 13.3. The minimum atomic E-state index is 0.110. The van der Waals surface area contributed by atoms with Crippen LogP contribution in [0.2, 0.25) is 0 Å². The molecule has 1 heterocycles. The van der Waals surface area contributed by atoms with Crippen molar-refractivity contribution in [2.75, 3.05) is 0 Å². The number of aliphatic hydroxyl groups excluding tert-OH is 1. The topological polar surface area (TPSA) is 32.3 Å². The molecule has 0 spiro atoms. The van der Waals surface area contributed by atoms with E-state index >= 15 is 0 Å². The fourth-order valence-corrected chi connectivity index (χ4v) is 3.00. The summed E-state index contributed by atoms with van der Waals surface area (Å²) in [6.45, 7) is 8.62. The smallest absolute Gasteiger partial charge is 0.0681 e. The zero-order chi connectivity index (χ0) is 14.6. The predicted molar refractivity (Wildman–Crippen MR) is 85.9 cm³/mol. The summed E-state index contributed by atoms with van der Waals surface area (Å²) in [5, 5.41) is 12.5. The Labute approximate surface area is 125 Å². The van der Waals surface area contributed by atoms with E-state index in [9.17, 15) is 0 Å². The van der Waals surface area contributed by atoms with Crippen LogP contribution in [0.1, 0.15) is 41.7 Å². The van der Waals surface area contributed by atoms with Crippen molar-refractivity contribution < 1.29 is 5.11 Å². The predicted octanol–water partition coefficient (Wildman–Crippen LogP) is 3.83. The van der Waals surface area contributed by atoms with Crippen LogP contribution in [0.4, 0.5) is 0 Å². The third-order valence-electron chi connectivity index (χ3n) is 3.23. The SMILES string of the molecule is CC(C)(C)c1ccc(CNCc2ccc(CO)cc2)s1. The van der Waals surface area contributed by atoms with Crippen LogP contribution in [0.15, 0.2) is 36.4 Å². The van der Waals surface area contributed by atoms with Crippen LogP contribution in [0.5, 0.6) is 0 Å². The molecule has 0 unspecified atom stereocenters. The number of nitrogens with one attached hydrogen (secondary N) is 1. The van der Waals surface area contributed by atoms with Crippen molar-refractivity contribution >= 4 is 11.3 Å². The number of benzene rings is 1. The number of hydrogen-bond acceptors (Lipinski definition) is 3. The molecule has 0 bridgehead atoms. The highest BCUT2D eigenvalue weighted by Gasteiger charge is 2.15. The molecule has 3 heteroatoms. The van der Waals surface area contributed by atoms with E-state index < -0.39 is 0 Å². The van der Waals surface area contributed by atoms with Gasteiger partial charge in [0.25, 0.3) is 0 Å². The fraction of sp³-hybridized carbons (Fsp3) is 0.412. The van der Waals surface area contributed by atoms with E-state index in [0.717, 1.165) is 18.7 Å². The minimum absolute atomic E-state index is 0.110. The van der Waals surface area contributed by atoms with Gasteiger partial charge in [-0.15, -0.1) is 11.3 Å². The van der Waals surface area contributed by atoms with E-state index in [2.05, 4.69) is 50.4 Å². The molecule has 2 rings (SSSR count). The molecule has 0 saturated carbocycles. The monoisotopic (exact) mass is 289 g/mol. The van der Waals surface area contributed by atoms with Crippen molar-refractivity contribution in [2.24, 2.45) is 0 Å². The molecule has 2 nitrogen and oxygen atoms in total. The molecule has 0 aliphatic heterocycles. The average Bonchev–Trinajstić information content (AvgIpc) is 2.88. The molecule has 20 heavy (non-hydrogen) atoms. The molecule has 0 fully saturated rings. The lowest BCUT2D eigenvalue weighted by atomic mass is 9.95. The normalized spacial score (nSPS) is 11.8. The Hall–Kier alpha value is -1.16. The van der Waals surface area contributed by atoms with Crippen LogP contribution < -0.4 is 5.32 Å².